The molecule has 0 atom stereocenters. The number of carbonyl (C=O) groups excluding carboxylic acids is 1. The summed E-state index contributed by atoms with van der Waals surface area (Å²) in [6.45, 7) is 5.02. The van der Waals surface area contributed by atoms with Gasteiger partial charge in [0.05, 0.1) is 11.9 Å². The molecular formula is C15H23N5O. The third kappa shape index (κ3) is 3.20. The Balaban J connectivity index is 1.54. The number of rotatable bonds is 1. The molecule has 0 aromatic carbocycles. The lowest BCUT2D eigenvalue weighted by Crippen LogP contribution is -2.53. The summed E-state index contributed by atoms with van der Waals surface area (Å²) in [5.41, 5.74) is 6.34. The Morgan fingerprint density at radius 3 is 2.24 bits per heavy atom. The van der Waals surface area contributed by atoms with E-state index < -0.39 is 0 Å². The van der Waals surface area contributed by atoms with Gasteiger partial charge in [-0.2, -0.15) is 0 Å². The first-order chi connectivity index (χ1) is 10.2. The molecule has 3 heterocycles. The highest BCUT2D eigenvalue weighted by Gasteiger charge is 2.26. The average molecular weight is 289 g/mol. The number of carbonyl (C=O) groups is 1. The Hall–Kier alpha value is -1.98. The molecule has 2 aliphatic rings. The second-order valence-corrected chi connectivity index (χ2v) is 5.75. The number of piperazine rings is 1. The molecule has 6 heteroatoms. The van der Waals surface area contributed by atoms with Crippen molar-refractivity contribution in [2.75, 3.05) is 49.9 Å². The van der Waals surface area contributed by atoms with Gasteiger partial charge in [0.1, 0.15) is 5.82 Å². The van der Waals surface area contributed by atoms with E-state index in [1.807, 2.05) is 21.9 Å². The van der Waals surface area contributed by atoms with Gasteiger partial charge < -0.3 is 20.4 Å². The van der Waals surface area contributed by atoms with Crippen molar-refractivity contribution >= 4 is 17.5 Å². The van der Waals surface area contributed by atoms with E-state index in [0.717, 1.165) is 57.9 Å². The molecule has 114 valence electrons. The third-order valence-electron chi connectivity index (χ3n) is 4.27. The van der Waals surface area contributed by atoms with Crippen molar-refractivity contribution in [1.29, 1.82) is 0 Å². The molecule has 2 saturated heterocycles. The van der Waals surface area contributed by atoms with Crippen molar-refractivity contribution < 1.29 is 4.79 Å². The van der Waals surface area contributed by atoms with Gasteiger partial charge in [-0.15, -0.1) is 0 Å². The van der Waals surface area contributed by atoms with Crippen LogP contribution < -0.4 is 10.6 Å². The van der Waals surface area contributed by atoms with E-state index in [0.29, 0.717) is 5.69 Å². The Bertz CT molecular complexity index is 475. The van der Waals surface area contributed by atoms with E-state index in [1.165, 1.54) is 6.42 Å². The fourth-order valence-electron chi connectivity index (χ4n) is 3.00. The van der Waals surface area contributed by atoms with Gasteiger partial charge in [0, 0.05) is 39.3 Å². The van der Waals surface area contributed by atoms with Crippen molar-refractivity contribution in [3.05, 3.63) is 18.3 Å². The number of hydrogen-bond acceptors (Lipinski definition) is 4. The van der Waals surface area contributed by atoms with E-state index in [1.54, 1.807) is 6.20 Å². The van der Waals surface area contributed by atoms with Gasteiger partial charge in [-0.25, -0.2) is 9.78 Å². The molecular weight excluding hydrogens is 266 g/mol. The first-order valence-electron chi connectivity index (χ1n) is 7.74. The van der Waals surface area contributed by atoms with Gasteiger partial charge >= 0.3 is 6.03 Å². The van der Waals surface area contributed by atoms with E-state index >= 15 is 0 Å². The van der Waals surface area contributed by atoms with Crippen LogP contribution in [0, 0.1) is 0 Å². The van der Waals surface area contributed by atoms with E-state index in [4.69, 9.17) is 5.73 Å². The van der Waals surface area contributed by atoms with Gasteiger partial charge in [-0.1, -0.05) is 0 Å². The lowest BCUT2D eigenvalue weighted by molar-refractivity contribution is 0.141. The molecule has 0 bridgehead atoms. The number of piperidine rings is 1. The number of nitrogen functional groups attached to an aromatic ring is 1. The second-order valence-electron chi connectivity index (χ2n) is 5.75. The molecule has 2 aliphatic heterocycles. The maximum absolute atomic E-state index is 12.4. The number of anilines is 2. The highest BCUT2D eigenvalue weighted by atomic mass is 16.2. The molecule has 1 aromatic rings. The zero-order chi connectivity index (χ0) is 14.7. The van der Waals surface area contributed by atoms with Gasteiger partial charge in [-0.05, 0) is 31.4 Å². The van der Waals surface area contributed by atoms with Crippen LogP contribution in [-0.4, -0.2) is 60.1 Å². The summed E-state index contributed by atoms with van der Waals surface area (Å²) in [5, 5.41) is 0. The van der Waals surface area contributed by atoms with Crippen LogP contribution in [0.3, 0.4) is 0 Å². The molecule has 0 unspecified atom stereocenters. The fraction of sp³-hybridized carbons (Fsp3) is 0.600. The van der Waals surface area contributed by atoms with Crippen molar-refractivity contribution in [2.24, 2.45) is 0 Å². The third-order valence-corrected chi connectivity index (χ3v) is 4.27. The van der Waals surface area contributed by atoms with Crippen LogP contribution in [0.25, 0.3) is 0 Å². The maximum Gasteiger partial charge on any atom is 0.320 e. The molecule has 2 N–H and O–H groups in total. The van der Waals surface area contributed by atoms with Crippen LogP contribution in [0.15, 0.2) is 18.3 Å². The highest BCUT2D eigenvalue weighted by molar-refractivity contribution is 5.75. The normalized spacial score (nSPS) is 19.7. The second kappa shape index (κ2) is 6.20. The quantitative estimate of drug-likeness (QED) is 0.848. The predicted octanol–water partition coefficient (Wildman–Crippen LogP) is 1.39. The van der Waals surface area contributed by atoms with Crippen LogP contribution in [-0.2, 0) is 0 Å². The molecule has 6 nitrogen and oxygen atoms in total. The Morgan fingerprint density at radius 2 is 1.62 bits per heavy atom. The molecule has 1 aromatic heterocycles. The average Bonchev–Trinajstić information content (AvgIpc) is 2.56. The summed E-state index contributed by atoms with van der Waals surface area (Å²) in [6.07, 6.45) is 5.21. The number of amides is 2. The predicted molar refractivity (Wildman–Crippen MR) is 83.3 cm³/mol. The van der Waals surface area contributed by atoms with Crippen LogP contribution in [0.1, 0.15) is 19.3 Å². The number of nitrogens with zero attached hydrogens (tertiary/aromatic N) is 4. The van der Waals surface area contributed by atoms with Crippen LogP contribution >= 0.6 is 0 Å². The highest BCUT2D eigenvalue weighted by Crippen LogP contribution is 2.17. The first kappa shape index (κ1) is 14.0. The molecule has 0 saturated carbocycles. The zero-order valence-electron chi connectivity index (χ0n) is 12.4. The van der Waals surface area contributed by atoms with Crippen molar-refractivity contribution in [1.82, 2.24) is 14.8 Å². The Labute approximate surface area is 125 Å². The van der Waals surface area contributed by atoms with E-state index in [-0.39, 0.29) is 6.03 Å². The summed E-state index contributed by atoms with van der Waals surface area (Å²) in [5.74, 6) is 0.939. The molecule has 2 amide bonds. The molecule has 0 radical (unpaired) electrons. The largest absolute Gasteiger partial charge is 0.397 e. The lowest BCUT2D eigenvalue weighted by Gasteiger charge is -2.39. The topological polar surface area (TPSA) is 65.7 Å². The molecule has 3 rings (SSSR count). The minimum Gasteiger partial charge on any atom is -0.397 e. The van der Waals surface area contributed by atoms with Crippen molar-refractivity contribution in [3.8, 4) is 0 Å². The zero-order valence-corrected chi connectivity index (χ0v) is 12.4. The van der Waals surface area contributed by atoms with Gasteiger partial charge in [0.15, 0.2) is 0 Å². The molecule has 0 spiro atoms. The number of urea groups is 1. The fourth-order valence-corrected chi connectivity index (χ4v) is 3.00. The number of pyridine rings is 1. The molecule has 2 fully saturated rings. The summed E-state index contributed by atoms with van der Waals surface area (Å²) in [7, 11) is 0. The maximum atomic E-state index is 12.4. The smallest absolute Gasteiger partial charge is 0.320 e. The Morgan fingerprint density at radius 1 is 0.952 bits per heavy atom. The number of hydrogen-bond donors (Lipinski definition) is 1. The summed E-state index contributed by atoms with van der Waals surface area (Å²) < 4.78 is 0. The van der Waals surface area contributed by atoms with Gasteiger partial charge in [0.25, 0.3) is 0 Å². The standard InChI is InChI=1S/C15H23N5O/c16-13-4-5-14(17-12-13)18-8-10-20(11-9-18)15(21)19-6-2-1-3-7-19/h4-5,12H,1-3,6-11,16H2. The van der Waals surface area contributed by atoms with Crippen molar-refractivity contribution in [2.45, 2.75) is 19.3 Å². The van der Waals surface area contributed by atoms with Gasteiger partial charge in [0.2, 0.25) is 0 Å². The molecule has 21 heavy (non-hydrogen) atoms. The number of nitrogens with two attached hydrogens (primary N) is 1. The van der Waals surface area contributed by atoms with Gasteiger partial charge in [-0.3, -0.25) is 0 Å². The minimum absolute atomic E-state index is 0.208. The lowest BCUT2D eigenvalue weighted by atomic mass is 10.1. The van der Waals surface area contributed by atoms with Crippen LogP contribution in [0.4, 0.5) is 16.3 Å². The minimum atomic E-state index is 0.208. The summed E-state index contributed by atoms with van der Waals surface area (Å²) in [6, 6.07) is 4.02. The monoisotopic (exact) mass is 289 g/mol. The van der Waals surface area contributed by atoms with E-state index in [2.05, 4.69) is 9.88 Å². The van der Waals surface area contributed by atoms with Crippen LogP contribution in [0.5, 0.6) is 0 Å². The molecule has 0 aliphatic carbocycles. The summed E-state index contributed by atoms with van der Waals surface area (Å²) >= 11 is 0. The number of aromatic nitrogens is 1. The van der Waals surface area contributed by atoms with Crippen LogP contribution in [0.2, 0.25) is 0 Å². The van der Waals surface area contributed by atoms with E-state index in [9.17, 15) is 4.79 Å². The van der Waals surface area contributed by atoms with Crippen molar-refractivity contribution in [3.63, 3.8) is 0 Å². The summed E-state index contributed by atoms with van der Waals surface area (Å²) in [4.78, 5) is 23.0. The first-order valence-corrected chi connectivity index (χ1v) is 7.74. The SMILES string of the molecule is Nc1ccc(N2CCN(C(=O)N3CCCCC3)CC2)nc1. The number of likely N-dealkylation sites (tertiary alicyclic amines) is 1. The Kier molecular flexibility index (Phi) is 4.13.